The minimum Gasteiger partial charge on any atom is -0.511 e. The molecule has 9 nitrogen and oxygen atoms in total. The first-order valence-corrected chi connectivity index (χ1v) is 15.1. The van der Waals surface area contributed by atoms with Crippen LogP contribution in [0.3, 0.4) is 0 Å². The van der Waals surface area contributed by atoms with Crippen molar-refractivity contribution < 1.29 is 26.7 Å². The zero-order valence-corrected chi connectivity index (χ0v) is 21.4. The lowest BCUT2D eigenvalue weighted by molar-refractivity contribution is -0.132. The third kappa shape index (κ3) is 4.14. The highest BCUT2D eigenvalue weighted by Gasteiger charge is 2.55. The molecule has 188 valence electrons. The predicted octanol–water partition coefficient (Wildman–Crippen LogP) is 2.99. The molecule has 1 saturated carbocycles. The number of sulfone groups is 1. The van der Waals surface area contributed by atoms with Crippen LogP contribution in [-0.2, 0) is 24.7 Å². The van der Waals surface area contributed by atoms with Crippen molar-refractivity contribution in [2.75, 3.05) is 22.8 Å². The second-order valence-corrected chi connectivity index (χ2v) is 13.7. The van der Waals surface area contributed by atoms with Gasteiger partial charge in [-0.15, -0.1) is 0 Å². The number of amides is 1. The van der Waals surface area contributed by atoms with Crippen LogP contribution in [0, 0.1) is 23.7 Å². The Morgan fingerprint density at radius 3 is 2.63 bits per heavy atom. The highest BCUT2D eigenvalue weighted by Crippen LogP contribution is 2.52. The van der Waals surface area contributed by atoms with E-state index in [1.54, 1.807) is 0 Å². The standard InChI is InChI=1S/C24H29N3O6S2/c1-13(2)8-9-27-22-15-5-4-14(10-15)20(22)23(28)21(24(27)29)18-12-35(32,33)19-11-16(26-34(3,30)31)6-7-17(19)25-18/h4-7,11-15,20,22,25-26,28H,8-10H2,1-3H3. The number of fused-ring (bicyclic) bond motifs is 6. The highest BCUT2D eigenvalue weighted by molar-refractivity contribution is 7.94. The Morgan fingerprint density at radius 1 is 1.23 bits per heavy atom. The lowest BCUT2D eigenvalue weighted by Crippen LogP contribution is -2.52. The fourth-order valence-electron chi connectivity index (χ4n) is 5.69. The first kappa shape index (κ1) is 23.9. The van der Waals surface area contributed by atoms with Crippen LogP contribution in [0.15, 0.2) is 57.7 Å². The summed E-state index contributed by atoms with van der Waals surface area (Å²) >= 11 is 0. The van der Waals surface area contributed by atoms with Crippen LogP contribution in [0.1, 0.15) is 26.7 Å². The van der Waals surface area contributed by atoms with Crippen molar-refractivity contribution in [3.05, 3.63) is 52.8 Å². The van der Waals surface area contributed by atoms with Crippen molar-refractivity contribution in [3.63, 3.8) is 0 Å². The maximum atomic E-state index is 13.7. The molecule has 35 heavy (non-hydrogen) atoms. The summed E-state index contributed by atoms with van der Waals surface area (Å²) in [6.45, 7) is 4.70. The summed E-state index contributed by atoms with van der Waals surface area (Å²) in [6, 6.07) is 3.98. The first-order valence-electron chi connectivity index (χ1n) is 11.6. The summed E-state index contributed by atoms with van der Waals surface area (Å²) in [6.07, 6.45) is 6.85. The Bertz CT molecular complexity index is 1410. The second kappa shape index (κ2) is 8.12. The molecular weight excluding hydrogens is 490 g/mol. The van der Waals surface area contributed by atoms with Crippen LogP contribution in [0.25, 0.3) is 0 Å². The number of hydrogen-bond acceptors (Lipinski definition) is 7. The summed E-state index contributed by atoms with van der Waals surface area (Å²) in [4.78, 5) is 15.4. The number of nitrogens with one attached hydrogen (secondary N) is 2. The van der Waals surface area contributed by atoms with Crippen molar-refractivity contribution in [3.8, 4) is 0 Å². The maximum absolute atomic E-state index is 13.7. The molecule has 1 aromatic carbocycles. The fourth-order valence-corrected chi connectivity index (χ4v) is 7.58. The highest BCUT2D eigenvalue weighted by atomic mass is 32.2. The number of aliphatic hydroxyl groups is 1. The van der Waals surface area contributed by atoms with E-state index >= 15 is 0 Å². The molecule has 5 rings (SSSR count). The lowest BCUT2D eigenvalue weighted by Gasteiger charge is -2.43. The Labute approximate surface area is 205 Å². The normalized spacial score (nSPS) is 28.6. The molecule has 2 aliphatic heterocycles. The molecule has 4 aliphatic rings. The topological polar surface area (TPSA) is 133 Å². The lowest BCUT2D eigenvalue weighted by atomic mass is 9.80. The van der Waals surface area contributed by atoms with Gasteiger partial charge in [-0.3, -0.25) is 9.52 Å². The van der Waals surface area contributed by atoms with Gasteiger partial charge in [0.05, 0.1) is 27.9 Å². The molecule has 4 atom stereocenters. The molecule has 1 amide bonds. The number of benzene rings is 1. The van der Waals surface area contributed by atoms with Crippen LogP contribution < -0.4 is 10.0 Å². The predicted molar refractivity (Wildman–Crippen MR) is 133 cm³/mol. The number of sulfonamides is 1. The number of aliphatic hydroxyl groups excluding tert-OH is 1. The third-order valence-corrected chi connectivity index (χ3v) is 9.28. The Balaban J connectivity index is 1.56. The van der Waals surface area contributed by atoms with Crippen molar-refractivity contribution >= 4 is 37.1 Å². The van der Waals surface area contributed by atoms with Crippen LogP contribution in [0.5, 0.6) is 0 Å². The van der Waals surface area contributed by atoms with E-state index in [0.717, 1.165) is 24.5 Å². The summed E-state index contributed by atoms with van der Waals surface area (Å²) in [5, 5.41) is 15.3. The molecule has 1 fully saturated rings. The van der Waals surface area contributed by atoms with E-state index in [1.807, 2.05) is 4.90 Å². The molecule has 0 spiro atoms. The summed E-state index contributed by atoms with van der Waals surface area (Å²) in [5.74, 6) is -0.0374. The van der Waals surface area contributed by atoms with E-state index in [9.17, 15) is 26.7 Å². The molecule has 0 radical (unpaired) electrons. The largest absolute Gasteiger partial charge is 0.511 e. The summed E-state index contributed by atoms with van der Waals surface area (Å²) in [5.41, 5.74) is 0.339. The van der Waals surface area contributed by atoms with E-state index in [0.29, 0.717) is 12.5 Å². The molecular formula is C24H29N3O6S2. The Kier molecular flexibility index (Phi) is 5.55. The van der Waals surface area contributed by atoms with E-state index in [1.165, 1.54) is 18.2 Å². The fraction of sp³-hybridized carbons (Fsp3) is 0.458. The van der Waals surface area contributed by atoms with Crippen LogP contribution >= 0.6 is 0 Å². The van der Waals surface area contributed by atoms with E-state index in [4.69, 9.17) is 0 Å². The number of carbonyl (C=O) groups is 1. The van der Waals surface area contributed by atoms with Crippen LogP contribution in [-0.4, -0.2) is 51.6 Å². The molecule has 0 saturated heterocycles. The minimum absolute atomic E-state index is 0.0106. The molecule has 2 bridgehead atoms. The average molecular weight is 520 g/mol. The molecule has 3 N–H and O–H groups in total. The van der Waals surface area contributed by atoms with Crippen LogP contribution in [0.2, 0.25) is 0 Å². The van der Waals surface area contributed by atoms with E-state index in [2.05, 4.69) is 36.0 Å². The minimum atomic E-state index is -4.03. The summed E-state index contributed by atoms with van der Waals surface area (Å²) in [7, 11) is -7.62. The van der Waals surface area contributed by atoms with Crippen LogP contribution in [0.4, 0.5) is 11.4 Å². The second-order valence-electron chi connectivity index (χ2n) is 10.2. The first-order chi connectivity index (χ1) is 16.4. The smallest absolute Gasteiger partial charge is 0.259 e. The monoisotopic (exact) mass is 519 g/mol. The summed E-state index contributed by atoms with van der Waals surface area (Å²) < 4.78 is 51.7. The molecule has 2 aliphatic carbocycles. The van der Waals surface area contributed by atoms with Gasteiger partial charge in [-0.1, -0.05) is 26.0 Å². The number of rotatable bonds is 6. The van der Waals surface area contributed by atoms with Gasteiger partial charge < -0.3 is 15.3 Å². The average Bonchev–Trinajstić information content (AvgIpc) is 3.35. The molecule has 0 aromatic heterocycles. The number of carbonyl (C=O) groups excluding carboxylic acids is 1. The molecule has 2 heterocycles. The van der Waals surface area contributed by atoms with Gasteiger partial charge in [0.25, 0.3) is 5.91 Å². The number of hydrogen-bond donors (Lipinski definition) is 3. The quantitative estimate of drug-likeness (QED) is 0.492. The molecule has 1 aromatic rings. The van der Waals surface area contributed by atoms with Gasteiger partial charge in [-0.2, -0.15) is 0 Å². The number of allylic oxidation sites excluding steroid dienone is 1. The van der Waals surface area contributed by atoms with Crippen molar-refractivity contribution in [2.24, 2.45) is 23.7 Å². The van der Waals surface area contributed by atoms with Gasteiger partial charge in [0.2, 0.25) is 19.9 Å². The van der Waals surface area contributed by atoms with E-state index < -0.39 is 19.9 Å². The number of nitrogens with zero attached hydrogens (tertiary/aromatic N) is 1. The van der Waals surface area contributed by atoms with E-state index in [-0.39, 0.29) is 63.0 Å². The number of anilines is 2. The zero-order valence-electron chi connectivity index (χ0n) is 19.7. The van der Waals surface area contributed by atoms with Gasteiger partial charge in [-0.05, 0) is 48.8 Å². The SMILES string of the molecule is CC(C)CCN1C(=O)C(C2=CS(=O)(=O)c3cc(NS(C)(=O)=O)ccc3N2)=C(O)C2C3C=CC(C3)C21. The third-order valence-electron chi connectivity index (χ3n) is 7.17. The Morgan fingerprint density at radius 2 is 1.94 bits per heavy atom. The van der Waals surface area contributed by atoms with Gasteiger partial charge in [0.1, 0.15) is 11.3 Å². The zero-order chi connectivity index (χ0) is 25.3. The van der Waals surface area contributed by atoms with Crippen molar-refractivity contribution in [1.29, 1.82) is 0 Å². The van der Waals surface area contributed by atoms with Gasteiger partial charge >= 0.3 is 0 Å². The van der Waals surface area contributed by atoms with Gasteiger partial charge in [0, 0.05) is 24.2 Å². The van der Waals surface area contributed by atoms with Gasteiger partial charge in [-0.25, -0.2) is 16.8 Å². The van der Waals surface area contributed by atoms with Crippen molar-refractivity contribution in [2.45, 2.75) is 37.6 Å². The molecule has 4 unspecified atom stereocenters. The Hall–Kier alpha value is -2.79. The molecule has 11 heteroatoms. The van der Waals surface area contributed by atoms with Crippen molar-refractivity contribution in [1.82, 2.24) is 4.90 Å². The maximum Gasteiger partial charge on any atom is 0.259 e. The van der Waals surface area contributed by atoms with Gasteiger partial charge in [0.15, 0.2) is 0 Å².